The van der Waals surface area contributed by atoms with Crippen molar-refractivity contribution in [3.63, 3.8) is 0 Å². The van der Waals surface area contributed by atoms with E-state index in [0.29, 0.717) is 0 Å². The van der Waals surface area contributed by atoms with Crippen LogP contribution in [0, 0.1) is 0 Å². The van der Waals surface area contributed by atoms with Crippen molar-refractivity contribution < 1.29 is 26.4 Å². The molecule has 0 spiro atoms. The summed E-state index contributed by atoms with van der Waals surface area (Å²) < 4.78 is 60.4. The molecule has 1 saturated heterocycles. The third kappa shape index (κ3) is 4.93. The molecule has 15 heteroatoms. The Morgan fingerprint density at radius 1 is 1.00 bits per heavy atom. The molecule has 2 aliphatic heterocycles. The summed E-state index contributed by atoms with van der Waals surface area (Å²) in [7, 11) is -4.72. The highest BCUT2D eigenvalue weighted by molar-refractivity contribution is 7.92. The zero-order valence-electron chi connectivity index (χ0n) is 18.9. The van der Waals surface area contributed by atoms with Gasteiger partial charge >= 0.3 is 0 Å². The standard InChI is InChI=1S/C20H23Cl2N5O6S2/c1-24(2)35(31,32)26-7-5-25(6-8-26)20(28)14-11-18-19(23-13-14)33-10-9-27(18)34(29,30)15-3-4-16(21)17(22)12-15/h3-4,11-13H,5-10H2,1-2H3. The van der Waals surface area contributed by atoms with Crippen LogP contribution in [0.2, 0.25) is 10.0 Å². The number of benzene rings is 1. The minimum absolute atomic E-state index is 0.00989. The van der Waals surface area contributed by atoms with E-state index in [1.54, 1.807) is 0 Å². The molecule has 0 N–H and O–H groups in total. The Balaban J connectivity index is 1.59. The van der Waals surface area contributed by atoms with Gasteiger partial charge in [0.1, 0.15) is 12.3 Å². The lowest BCUT2D eigenvalue weighted by Gasteiger charge is -2.35. The molecule has 1 aromatic carbocycles. The van der Waals surface area contributed by atoms with Crippen LogP contribution in [0.25, 0.3) is 0 Å². The second-order valence-electron chi connectivity index (χ2n) is 8.03. The van der Waals surface area contributed by atoms with E-state index >= 15 is 0 Å². The SMILES string of the molecule is CN(C)S(=O)(=O)N1CCN(C(=O)c2cnc3c(c2)N(S(=O)(=O)c2ccc(Cl)c(Cl)c2)CCO3)CC1. The Labute approximate surface area is 214 Å². The highest BCUT2D eigenvalue weighted by Crippen LogP contribution is 2.36. The molecule has 0 aliphatic carbocycles. The molecule has 1 fully saturated rings. The molecule has 4 rings (SSSR count). The fraction of sp³-hybridized carbons (Fsp3) is 0.400. The van der Waals surface area contributed by atoms with E-state index in [9.17, 15) is 21.6 Å². The maximum atomic E-state index is 13.4. The van der Waals surface area contributed by atoms with Gasteiger partial charge in [-0.1, -0.05) is 23.2 Å². The molecule has 2 aliphatic rings. The van der Waals surface area contributed by atoms with E-state index in [1.165, 1.54) is 53.8 Å². The molecule has 3 heterocycles. The van der Waals surface area contributed by atoms with E-state index in [2.05, 4.69) is 4.98 Å². The molecule has 1 aromatic heterocycles. The predicted molar refractivity (Wildman–Crippen MR) is 131 cm³/mol. The highest BCUT2D eigenvalue weighted by atomic mass is 35.5. The summed E-state index contributed by atoms with van der Waals surface area (Å²) in [6.45, 7) is 0.749. The molecule has 11 nitrogen and oxygen atoms in total. The minimum Gasteiger partial charge on any atom is -0.474 e. The Morgan fingerprint density at radius 2 is 1.69 bits per heavy atom. The number of sulfonamides is 1. The van der Waals surface area contributed by atoms with Crippen molar-refractivity contribution in [2.24, 2.45) is 0 Å². The van der Waals surface area contributed by atoms with Crippen LogP contribution in [0.15, 0.2) is 35.4 Å². The fourth-order valence-electron chi connectivity index (χ4n) is 3.74. The third-order valence-corrected chi connectivity index (χ3v) is 10.2. The van der Waals surface area contributed by atoms with Crippen LogP contribution in [0.5, 0.6) is 5.88 Å². The molecule has 0 radical (unpaired) electrons. The van der Waals surface area contributed by atoms with Crippen molar-refractivity contribution in [2.45, 2.75) is 4.90 Å². The van der Waals surface area contributed by atoms with Crippen molar-refractivity contribution in [3.8, 4) is 5.88 Å². The zero-order valence-corrected chi connectivity index (χ0v) is 22.0. The summed E-state index contributed by atoms with van der Waals surface area (Å²) in [5, 5.41) is 0.319. The minimum atomic E-state index is -4.05. The quantitative estimate of drug-likeness (QED) is 0.541. The lowest BCUT2D eigenvalue weighted by atomic mass is 10.2. The topological polar surface area (TPSA) is 120 Å². The number of pyridine rings is 1. The van der Waals surface area contributed by atoms with Gasteiger partial charge in [-0.15, -0.1) is 0 Å². The number of ether oxygens (including phenoxy) is 1. The van der Waals surface area contributed by atoms with E-state index in [4.69, 9.17) is 27.9 Å². The van der Waals surface area contributed by atoms with Crippen molar-refractivity contribution in [1.82, 2.24) is 18.5 Å². The van der Waals surface area contributed by atoms with Crippen molar-refractivity contribution in [1.29, 1.82) is 0 Å². The number of piperazine rings is 1. The summed E-state index contributed by atoms with van der Waals surface area (Å²) >= 11 is 11.9. The Kier molecular flexibility index (Phi) is 7.19. The normalized spacial score (nSPS) is 17.3. The van der Waals surface area contributed by atoms with Gasteiger partial charge in [-0.3, -0.25) is 9.10 Å². The predicted octanol–water partition coefficient (Wildman–Crippen LogP) is 1.54. The number of carbonyl (C=O) groups excluding carboxylic acids is 1. The summed E-state index contributed by atoms with van der Waals surface area (Å²) in [5.41, 5.74) is 0.287. The molecule has 0 unspecified atom stereocenters. The average molecular weight is 564 g/mol. The summed E-state index contributed by atoms with van der Waals surface area (Å²) in [5.74, 6) is -0.307. The molecule has 0 bridgehead atoms. The van der Waals surface area contributed by atoms with Crippen LogP contribution in [-0.4, -0.2) is 94.7 Å². The number of nitrogens with zero attached hydrogens (tertiary/aromatic N) is 5. The number of rotatable bonds is 5. The first-order chi connectivity index (χ1) is 16.4. The van der Waals surface area contributed by atoms with Crippen molar-refractivity contribution in [3.05, 3.63) is 46.1 Å². The first-order valence-electron chi connectivity index (χ1n) is 10.5. The van der Waals surface area contributed by atoms with Crippen molar-refractivity contribution >= 4 is 55.0 Å². The van der Waals surface area contributed by atoms with Crippen LogP contribution in [-0.2, 0) is 20.2 Å². The summed E-state index contributed by atoms with van der Waals surface area (Å²) in [4.78, 5) is 18.8. The van der Waals surface area contributed by atoms with Gasteiger partial charge in [0.25, 0.3) is 26.1 Å². The van der Waals surface area contributed by atoms with Gasteiger partial charge < -0.3 is 9.64 Å². The van der Waals surface area contributed by atoms with Gasteiger partial charge in [-0.05, 0) is 24.3 Å². The number of anilines is 1. The summed E-state index contributed by atoms with van der Waals surface area (Å²) in [6, 6.07) is 5.43. The smallest absolute Gasteiger partial charge is 0.281 e. The van der Waals surface area contributed by atoms with Crippen LogP contribution in [0.1, 0.15) is 10.4 Å². The molecule has 2 aromatic rings. The fourth-order valence-corrected chi connectivity index (χ4v) is 6.66. The van der Waals surface area contributed by atoms with E-state index in [0.717, 1.165) is 8.61 Å². The number of carbonyl (C=O) groups is 1. The average Bonchev–Trinajstić information content (AvgIpc) is 2.84. The zero-order chi connectivity index (χ0) is 25.5. The van der Waals surface area contributed by atoms with Crippen molar-refractivity contribution in [2.75, 3.05) is 57.7 Å². The highest BCUT2D eigenvalue weighted by Gasteiger charge is 2.34. The van der Waals surface area contributed by atoms with Gasteiger partial charge in [0.05, 0.1) is 27.0 Å². The van der Waals surface area contributed by atoms with Crippen LogP contribution < -0.4 is 9.04 Å². The maximum absolute atomic E-state index is 13.4. The number of halogens is 2. The maximum Gasteiger partial charge on any atom is 0.281 e. The van der Waals surface area contributed by atoms with Gasteiger partial charge in [0, 0.05) is 46.5 Å². The molecule has 190 valence electrons. The number of aromatic nitrogens is 1. The van der Waals surface area contributed by atoms with Crippen LogP contribution in [0.4, 0.5) is 5.69 Å². The monoisotopic (exact) mass is 563 g/mol. The molecule has 35 heavy (non-hydrogen) atoms. The Bertz CT molecular complexity index is 1360. The number of amides is 1. The van der Waals surface area contributed by atoms with E-state index in [-0.39, 0.29) is 77.3 Å². The number of fused-ring (bicyclic) bond motifs is 1. The van der Waals surface area contributed by atoms with Gasteiger partial charge in [0.15, 0.2) is 0 Å². The van der Waals surface area contributed by atoms with Crippen LogP contribution in [0.3, 0.4) is 0 Å². The largest absolute Gasteiger partial charge is 0.474 e. The first kappa shape index (κ1) is 25.9. The van der Waals surface area contributed by atoms with E-state index < -0.39 is 20.2 Å². The van der Waals surface area contributed by atoms with Crippen LogP contribution >= 0.6 is 23.2 Å². The second kappa shape index (κ2) is 9.71. The van der Waals surface area contributed by atoms with Gasteiger partial charge in [-0.2, -0.15) is 17.0 Å². The summed E-state index contributed by atoms with van der Waals surface area (Å²) in [6.07, 6.45) is 1.32. The molecular weight excluding hydrogens is 541 g/mol. The lowest BCUT2D eigenvalue weighted by molar-refractivity contribution is 0.0694. The number of hydrogen-bond acceptors (Lipinski definition) is 7. The first-order valence-corrected chi connectivity index (χ1v) is 14.1. The van der Waals surface area contributed by atoms with Gasteiger partial charge in [0.2, 0.25) is 5.88 Å². The van der Waals surface area contributed by atoms with Gasteiger partial charge in [-0.25, -0.2) is 13.4 Å². The third-order valence-electron chi connectivity index (χ3n) is 5.67. The Hall–Kier alpha value is -2.16. The lowest BCUT2D eigenvalue weighted by Crippen LogP contribution is -2.53. The second-order valence-corrected chi connectivity index (χ2v) is 12.9. The Morgan fingerprint density at radius 3 is 2.31 bits per heavy atom. The molecule has 0 saturated carbocycles. The number of hydrogen-bond donors (Lipinski definition) is 0. The molecular formula is C20H23Cl2N5O6S2. The molecule has 0 atom stereocenters. The van der Waals surface area contributed by atoms with E-state index in [1.807, 2.05) is 0 Å². The molecule has 1 amide bonds.